The third kappa shape index (κ3) is 5.47. The van der Waals surface area contributed by atoms with Crippen LogP contribution in [0.15, 0.2) is 47.4 Å². The highest BCUT2D eigenvalue weighted by Gasteiger charge is 2.37. The molecule has 1 saturated carbocycles. The Labute approximate surface area is 199 Å². The summed E-state index contributed by atoms with van der Waals surface area (Å²) in [5.74, 6) is -1.36. The van der Waals surface area contributed by atoms with E-state index in [0.29, 0.717) is 18.4 Å². The van der Waals surface area contributed by atoms with E-state index >= 15 is 0 Å². The number of sulfonamides is 1. The van der Waals surface area contributed by atoms with Crippen LogP contribution in [0.4, 0.5) is 18.9 Å². The molecule has 8 nitrogen and oxygen atoms in total. The smallest absolute Gasteiger partial charge is 0.404 e. The zero-order valence-corrected chi connectivity index (χ0v) is 19.1. The quantitative estimate of drug-likeness (QED) is 0.655. The Balaban J connectivity index is 1.56. The van der Waals surface area contributed by atoms with Gasteiger partial charge in [-0.2, -0.15) is 0 Å². The predicted octanol–water partition coefficient (Wildman–Crippen LogP) is 3.81. The monoisotopic (exact) mass is 510 g/mol. The third-order valence-corrected chi connectivity index (χ3v) is 7.30. The lowest BCUT2D eigenvalue weighted by Crippen LogP contribution is -2.42. The van der Waals surface area contributed by atoms with Crippen LogP contribution >= 0.6 is 0 Å². The molecule has 0 spiro atoms. The van der Waals surface area contributed by atoms with Gasteiger partial charge in [-0.1, -0.05) is 12.1 Å². The van der Waals surface area contributed by atoms with Crippen LogP contribution in [-0.4, -0.2) is 43.2 Å². The van der Waals surface area contributed by atoms with Gasteiger partial charge in [0.2, 0.25) is 0 Å². The average Bonchev–Trinajstić information content (AvgIpc) is 3.07. The van der Waals surface area contributed by atoms with Crippen LogP contribution in [0.2, 0.25) is 0 Å². The highest BCUT2D eigenvalue weighted by Crippen LogP contribution is 2.33. The van der Waals surface area contributed by atoms with Gasteiger partial charge >= 0.3 is 6.36 Å². The van der Waals surface area contributed by atoms with Crippen LogP contribution in [0.25, 0.3) is 0 Å². The van der Waals surface area contributed by atoms with Crippen molar-refractivity contribution in [1.82, 2.24) is 4.90 Å². The Morgan fingerprint density at radius 1 is 1.00 bits per heavy atom. The van der Waals surface area contributed by atoms with Gasteiger partial charge in [-0.3, -0.25) is 19.1 Å². The van der Waals surface area contributed by atoms with Crippen molar-refractivity contribution >= 4 is 33.2 Å². The Morgan fingerprint density at radius 3 is 2.49 bits per heavy atom. The van der Waals surface area contributed by atoms with E-state index in [1.54, 1.807) is 0 Å². The van der Waals surface area contributed by atoms with E-state index in [1.165, 1.54) is 35.2 Å². The Morgan fingerprint density at radius 2 is 1.74 bits per heavy atom. The molecule has 35 heavy (non-hydrogen) atoms. The number of anilines is 1. The largest absolute Gasteiger partial charge is 0.573 e. The van der Waals surface area contributed by atoms with Crippen LogP contribution in [0.1, 0.15) is 48.0 Å². The Kier molecular flexibility index (Phi) is 6.58. The number of ketones is 2. The van der Waals surface area contributed by atoms with Crippen LogP contribution in [-0.2, 0) is 26.2 Å². The first kappa shape index (κ1) is 24.7. The molecule has 0 aromatic heterocycles. The molecule has 1 N–H and O–H groups in total. The number of hydrogen-bond donors (Lipinski definition) is 1. The van der Waals surface area contributed by atoms with Gasteiger partial charge in [0.1, 0.15) is 16.4 Å². The number of carbonyl (C=O) groups is 3. The predicted molar refractivity (Wildman–Crippen MR) is 117 cm³/mol. The number of hydrogen-bond acceptors (Lipinski definition) is 6. The molecule has 0 saturated heterocycles. The normalized spacial score (nSPS) is 19.2. The van der Waals surface area contributed by atoms with Gasteiger partial charge in [-0.25, -0.2) is 8.42 Å². The molecule has 0 bridgehead atoms. The van der Waals surface area contributed by atoms with Crippen molar-refractivity contribution in [2.45, 2.75) is 55.9 Å². The molecule has 1 heterocycles. The molecule has 1 fully saturated rings. The van der Waals surface area contributed by atoms with E-state index < -0.39 is 39.0 Å². The molecule has 1 amide bonds. The topological polar surface area (TPSA) is 110 Å². The second kappa shape index (κ2) is 9.33. The summed E-state index contributed by atoms with van der Waals surface area (Å²) in [6, 6.07) is 7.69. The van der Waals surface area contributed by atoms with Crippen molar-refractivity contribution in [2.75, 3.05) is 4.72 Å². The first-order valence-corrected chi connectivity index (χ1v) is 12.3. The minimum absolute atomic E-state index is 0.0272. The van der Waals surface area contributed by atoms with Gasteiger partial charge < -0.3 is 9.64 Å². The van der Waals surface area contributed by atoms with Gasteiger partial charge in [-0.05, 0) is 48.7 Å². The number of Topliss-reactive ketones (excluding diaryl/α,β-unsaturated/α-hetero) is 2. The van der Waals surface area contributed by atoms with Gasteiger partial charge in [0, 0.05) is 37.1 Å². The number of nitrogens with one attached hydrogen (secondary N) is 1. The van der Waals surface area contributed by atoms with Crippen molar-refractivity contribution in [3.8, 4) is 5.75 Å². The summed E-state index contributed by atoms with van der Waals surface area (Å²) in [6.07, 6.45) is -3.68. The van der Waals surface area contributed by atoms with Crippen LogP contribution in [0.3, 0.4) is 0 Å². The van der Waals surface area contributed by atoms with Crippen molar-refractivity contribution in [2.24, 2.45) is 0 Å². The fourth-order valence-electron chi connectivity index (χ4n) is 4.29. The molecule has 1 unspecified atom stereocenters. The lowest BCUT2D eigenvalue weighted by Gasteiger charge is -2.27. The fourth-order valence-corrected chi connectivity index (χ4v) is 5.47. The first-order valence-electron chi connectivity index (χ1n) is 10.8. The molecule has 2 aromatic carbocycles. The number of alkyl halides is 3. The zero-order valence-electron chi connectivity index (χ0n) is 18.3. The summed E-state index contributed by atoms with van der Waals surface area (Å²) >= 11 is 0. The second-order valence-corrected chi connectivity index (χ2v) is 9.97. The number of rotatable bonds is 5. The average molecular weight is 510 g/mol. The number of carbonyl (C=O) groups excluding carboxylic acids is 3. The van der Waals surface area contributed by atoms with E-state index in [-0.39, 0.29) is 48.6 Å². The molecular weight excluding hydrogens is 489 g/mol. The fraction of sp³-hybridized carbons (Fsp3) is 0.348. The van der Waals surface area contributed by atoms with E-state index in [1.807, 2.05) is 0 Å². The Bertz CT molecular complexity index is 1290. The number of nitrogens with zero attached hydrogens (tertiary/aromatic N) is 1. The summed E-state index contributed by atoms with van der Waals surface area (Å²) in [7, 11) is -4.47. The minimum Gasteiger partial charge on any atom is -0.404 e. The van der Waals surface area contributed by atoms with Crippen molar-refractivity contribution < 1.29 is 40.7 Å². The first-order chi connectivity index (χ1) is 16.4. The van der Waals surface area contributed by atoms with Crippen molar-refractivity contribution in [1.29, 1.82) is 0 Å². The molecule has 4 rings (SSSR count). The summed E-state index contributed by atoms with van der Waals surface area (Å²) in [6.45, 7) is 0.0438. The highest BCUT2D eigenvalue weighted by molar-refractivity contribution is 7.92. The number of benzene rings is 2. The standard InChI is InChI=1S/C23H21F3N2O6S/c24-23(25,26)34-20-6-1-2-7-21(20)35(32,33)27-15-8-10-17-14(12-15)13-28(22(17)31)18-11-9-16(29)4-3-5-19(18)30/h1-2,6-8,10,12,18,27H,3-5,9,11,13H2. The number of para-hydroxylation sites is 1. The number of ether oxygens (including phenoxy) is 1. The maximum absolute atomic E-state index is 12.9. The van der Waals surface area contributed by atoms with Gasteiger partial charge in [0.05, 0.1) is 6.04 Å². The molecular formula is C23H21F3N2O6S. The molecule has 186 valence electrons. The van der Waals surface area contributed by atoms with Gasteiger partial charge in [0.15, 0.2) is 5.78 Å². The van der Waals surface area contributed by atoms with Crippen LogP contribution < -0.4 is 9.46 Å². The third-order valence-electron chi connectivity index (χ3n) is 5.88. The van der Waals surface area contributed by atoms with E-state index in [4.69, 9.17) is 0 Å². The summed E-state index contributed by atoms with van der Waals surface area (Å²) in [5.41, 5.74) is 0.769. The van der Waals surface area contributed by atoms with Crippen molar-refractivity contribution in [3.05, 3.63) is 53.6 Å². The zero-order chi connectivity index (χ0) is 25.4. The number of amides is 1. The minimum atomic E-state index is -5.08. The number of fused-ring (bicyclic) bond motifs is 1. The molecule has 0 radical (unpaired) electrons. The molecule has 2 aliphatic rings. The Hall–Kier alpha value is -3.41. The van der Waals surface area contributed by atoms with Gasteiger partial charge in [0.25, 0.3) is 15.9 Å². The second-order valence-electron chi connectivity index (χ2n) is 8.32. The van der Waals surface area contributed by atoms with Crippen LogP contribution in [0, 0.1) is 0 Å². The van der Waals surface area contributed by atoms with Gasteiger partial charge in [-0.15, -0.1) is 13.2 Å². The molecule has 2 aromatic rings. The lowest BCUT2D eigenvalue weighted by molar-refractivity contribution is -0.275. The van der Waals surface area contributed by atoms with E-state index in [2.05, 4.69) is 9.46 Å². The molecule has 12 heteroatoms. The van der Waals surface area contributed by atoms with Crippen molar-refractivity contribution in [3.63, 3.8) is 0 Å². The maximum atomic E-state index is 12.9. The number of halogens is 3. The van der Waals surface area contributed by atoms with E-state index in [9.17, 15) is 36.0 Å². The SMILES string of the molecule is O=C1CCCC(=O)C(N2Cc3cc(NS(=O)(=O)c4ccccc4OC(F)(F)F)ccc3C2=O)CC1. The molecule has 1 aliphatic carbocycles. The van der Waals surface area contributed by atoms with E-state index in [0.717, 1.165) is 12.1 Å². The molecule has 1 aliphatic heterocycles. The highest BCUT2D eigenvalue weighted by atomic mass is 32.2. The summed E-state index contributed by atoms with van der Waals surface area (Å²) in [4.78, 5) is 38.1. The lowest BCUT2D eigenvalue weighted by atomic mass is 9.94. The summed E-state index contributed by atoms with van der Waals surface area (Å²) in [5, 5.41) is 0. The summed E-state index contributed by atoms with van der Waals surface area (Å²) < 4.78 is 69.8. The molecule has 1 atom stereocenters. The maximum Gasteiger partial charge on any atom is 0.573 e. The van der Waals surface area contributed by atoms with Crippen LogP contribution in [0.5, 0.6) is 5.75 Å².